The Morgan fingerprint density at radius 3 is 2.74 bits per heavy atom. The first-order chi connectivity index (χ1) is 9.19. The Hall–Kier alpha value is -1.40. The molecule has 0 unspecified atom stereocenters. The number of benzene rings is 1. The van der Waals surface area contributed by atoms with Crippen LogP contribution in [0.15, 0.2) is 40.3 Å². The summed E-state index contributed by atoms with van der Waals surface area (Å²) < 4.78 is 1.01. The zero-order chi connectivity index (χ0) is 13.7. The largest absolute Gasteiger partial charge is 0.374 e. The summed E-state index contributed by atoms with van der Waals surface area (Å²) in [6.45, 7) is 1.97. The van der Waals surface area contributed by atoms with Crippen LogP contribution in [0.2, 0.25) is 0 Å². The molecule has 100 valence electrons. The third-order valence-electron chi connectivity index (χ3n) is 2.57. The van der Waals surface area contributed by atoms with E-state index < -0.39 is 0 Å². The van der Waals surface area contributed by atoms with Crippen molar-refractivity contribution >= 4 is 44.0 Å². The number of hydrogen-bond donors (Lipinski definition) is 2. The van der Waals surface area contributed by atoms with Gasteiger partial charge in [0.25, 0.3) is 0 Å². The fourth-order valence-electron chi connectivity index (χ4n) is 1.58. The van der Waals surface area contributed by atoms with Crippen LogP contribution in [-0.2, 0) is 4.79 Å². The average molecular weight is 340 g/mol. The fourth-order valence-corrected chi connectivity index (χ4v) is 2.37. The highest BCUT2D eigenvalue weighted by atomic mass is 79.9. The highest BCUT2D eigenvalue weighted by molar-refractivity contribution is 9.10. The van der Waals surface area contributed by atoms with Crippen LogP contribution in [0.5, 0.6) is 0 Å². The van der Waals surface area contributed by atoms with Crippen molar-refractivity contribution in [2.45, 2.75) is 19.4 Å². The average Bonchev–Trinajstić information content (AvgIpc) is 2.90. The van der Waals surface area contributed by atoms with Crippen LogP contribution in [0.25, 0.3) is 0 Å². The van der Waals surface area contributed by atoms with Gasteiger partial charge < -0.3 is 10.6 Å². The van der Waals surface area contributed by atoms with Gasteiger partial charge in [-0.15, -0.1) is 11.3 Å². The fraction of sp³-hybridized carbons (Fsp3) is 0.231. The second kappa shape index (κ2) is 6.68. The number of thiazole rings is 1. The number of carbonyl (C=O) groups is 1. The highest BCUT2D eigenvalue weighted by Crippen LogP contribution is 2.17. The molecule has 1 heterocycles. The van der Waals surface area contributed by atoms with Gasteiger partial charge in [-0.1, -0.05) is 22.9 Å². The molecule has 0 fully saturated rings. The maximum absolute atomic E-state index is 12.1. The van der Waals surface area contributed by atoms with E-state index in [9.17, 15) is 4.79 Å². The predicted octanol–water partition coefficient (Wildman–Crippen LogP) is 3.73. The van der Waals surface area contributed by atoms with E-state index in [0.717, 1.165) is 10.2 Å². The maximum atomic E-state index is 12.1. The number of aromatic nitrogens is 1. The second-order valence-electron chi connectivity index (χ2n) is 3.94. The lowest BCUT2D eigenvalue weighted by atomic mass is 10.2. The monoisotopic (exact) mass is 339 g/mol. The number of rotatable bonds is 5. The minimum Gasteiger partial charge on any atom is -0.374 e. The van der Waals surface area contributed by atoms with Crippen LogP contribution < -0.4 is 10.6 Å². The molecule has 6 heteroatoms. The Kier molecular flexibility index (Phi) is 4.93. The lowest BCUT2D eigenvalue weighted by molar-refractivity contribution is -0.116. The molecular formula is C13H14BrN3OS. The van der Waals surface area contributed by atoms with Gasteiger partial charge in [0.2, 0.25) is 5.91 Å². The van der Waals surface area contributed by atoms with Crippen molar-refractivity contribution in [2.24, 2.45) is 0 Å². The summed E-state index contributed by atoms with van der Waals surface area (Å²) in [7, 11) is 0. The van der Waals surface area contributed by atoms with Gasteiger partial charge >= 0.3 is 0 Å². The number of nitrogens with one attached hydrogen (secondary N) is 2. The van der Waals surface area contributed by atoms with Crippen molar-refractivity contribution in [1.82, 2.24) is 4.98 Å². The molecule has 0 bridgehead atoms. The summed E-state index contributed by atoms with van der Waals surface area (Å²) in [5.74, 6) is -0.0691. The summed E-state index contributed by atoms with van der Waals surface area (Å²) in [6.07, 6.45) is 2.37. The normalized spacial score (nSPS) is 11.9. The number of amides is 1. The Morgan fingerprint density at radius 2 is 2.16 bits per heavy atom. The third-order valence-corrected chi connectivity index (χ3v) is 3.79. The van der Waals surface area contributed by atoms with E-state index in [1.54, 1.807) is 6.20 Å². The Bertz CT molecular complexity index is 527. The molecule has 1 atom stereocenters. The lowest BCUT2D eigenvalue weighted by Gasteiger charge is -2.17. The van der Waals surface area contributed by atoms with E-state index in [0.29, 0.717) is 11.6 Å². The molecule has 2 rings (SSSR count). The topological polar surface area (TPSA) is 54.0 Å². The van der Waals surface area contributed by atoms with Gasteiger partial charge in [-0.05, 0) is 30.7 Å². The van der Waals surface area contributed by atoms with E-state index in [1.165, 1.54) is 11.3 Å². The van der Waals surface area contributed by atoms with Crippen LogP contribution >= 0.6 is 27.3 Å². The minimum absolute atomic E-state index is 0.0691. The van der Waals surface area contributed by atoms with Crippen LogP contribution in [-0.4, -0.2) is 16.9 Å². The first-order valence-corrected chi connectivity index (χ1v) is 7.58. The van der Waals surface area contributed by atoms with E-state index in [-0.39, 0.29) is 11.9 Å². The molecule has 0 saturated heterocycles. The Labute approximate surface area is 124 Å². The van der Waals surface area contributed by atoms with E-state index >= 15 is 0 Å². The molecule has 1 amide bonds. The Balaban J connectivity index is 1.99. The van der Waals surface area contributed by atoms with Crippen molar-refractivity contribution in [3.8, 4) is 0 Å². The first-order valence-electron chi connectivity index (χ1n) is 5.91. The maximum Gasteiger partial charge on any atom is 0.248 e. The quantitative estimate of drug-likeness (QED) is 0.872. The molecule has 0 radical (unpaired) electrons. The number of anilines is 2. The predicted molar refractivity (Wildman–Crippen MR) is 82.6 cm³/mol. The van der Waals surface area contributed by atoms with Gasteiger partial charge in [0.1, 0.15) is 6.04 Å². The van der Waals surface area contributed by atoms with Crippen LogP contribution in [0.4, 0.5) is 10.8 Å². The van der Waals surface area contributed by atoms with Crippen molar-refractivity contribution in [3.63, 3.8) is 0 Å². The molecule has 2 aromatic rings. The van der Waals surface area contributed by atoms with Gasteiger partial charge in [-0.3, -0.25) is 4.79 Å². The molecule has 0 spiro atoms. The standard InChI is InChI=1S/C13H14BrN3OS/c1-2-11(12(18)17-13-15-7-8-19-13)16-10-5-3-9(14)4-6-10/h3-8,11,16H,2H2,1H3,(H,15,17,18)/t11-/m1/s1. The molecule has 0 aliphatic heterocycles. The zero-order valence-corrected chi connectivity index (χ0v) is 12.8. The van der Waals surface area contributed by atoms with Gasteiger partial charge in [0.05, 0.1) is 0 Å². The van der Waals surface area contributed by atoms with Crippen molar-refractivity contribution in [2.75, 3.05) is 10.6 Å². The second-order valence-corrected chi connectivity index (χ2v) is 5.75. The van der Waals surface area contributed by atoms with Crippen LogP contribution in [0.1, 0.15) is 13.3 Å². The van der Waals surface area contributed by atoms with E-state index in [2.05, 4.69) is 31.5 Å². The minimum atomic E-state index is -0.273. The van der Waals surface area contributed by atoms with Crippen molar-refractivity contribution in [1.29, 1.82) is 0 Å². The molecule has 0 saturated carbocycles. The number of nitrogens with zero attached hydrogens (tertiary/aromatic N) is 1. The smallest absolute Gasteiger partial charge is 0.248 e. The van der Waals surface area contributed by atoms with Gasteiger partial charge in [-0.25, -0.2) is 4.98 Å². The molecule has 2 N–H and O–H groups in total. The van der Waals surface area contributed by atoms with E-state index in [1.807, 2.05) is 36.6 Å². The molecule has 19 heavy (non-hydrogen) atoms. The number of halogens is 1. The zero-order valence-electron chi connectivity index (χ0n) is 10.4. The SMILES string of the molecule is CC[C@@H](Nc1ccc(Br)cc1)C(=O)Nc1nccs1. The number of carbonyl (C=O) groups excluding carboxylic acids is 1. The molecule has 1 aromatic carbocycles. The highest BCUT2D eigenvalue weighted by Gasteiger charge is 2.16. The summed E-state index contributed by atoms with van der Waals surface area (Å²) >= 11 is 4.79. The summed E-state index contributed by atoms with van der Waals surface area (Å²) in [6, 6.07) is 7.47. The van der Waals surface area contributed by atoms with Crippen molar-refractivity contribution in [3.05, 3.63) is 40.3 Å². The molecule has 1 aromatic heterocycles. The number of hydrogen-bond acceptors (Lipinski definition) is 4. The first kappa shape index (κ1) is 14.0. The van der Waals surface area contributed by atoms with Gasteiger partial charge in [0, 0.05) is 21.7 Å². The molecule has 0 aliphatic carbocycles. The summed E-state index contributed by atoms with van der Waals surface area (Å²) in [4.78, 5) is 16.1. The third kappa shape index (κ3) is 4.04. The van der Waals surface area contributed by atoms with Gasteiger partial charge in [-0.2, -0.15) is 0 Å². The van der Waals surface area contributed by atoms with E-state index in [4.69, 9.17) is 0 Å². The summed E-state index contributed by atoms with van der Waals surface area (Å²) in [5.41, 5.74) is 0.921. The summed E-state index contributed by atoms with van der Waals surface area (Å²) in [5, 5.41) is 8.47. The van der Waals surface area contributed by atoms with Crippen molar-refractivity contribution < 1.29 is 4.79 Å². The lowest BCUT2D eigenvalue weighted by Crippen LogP contribution is -2.34. The molecular weight excluding hydrogens is 326 g/mol. The van der Waals surface area contributed by atoms with Crippen LogP contribution in [0.3, 0.4) is 0 Å². The van der Waals surface area contributed by atoms with Crippen LogP contribution in [0, 0.1) is 0 Å². The van der Waals surface area contributed by atoms with Gasteiger partial charge in [0.15, 0.2) is 5.13 Å². The molecule has 4 nitrogen and oxygen atoms in total. The Morgan fingerprint density at radius 1 is 1.42 bits per heavy atom. The molecule has 0 aliphatic rings.